The fourth-order valence-corrected chi connectivity index (χ4v) is 2.54. The Morgan fingerprint density at radius 3 is 2.38 bits per heavy atom. The molecule has 0 heterocycles. The average molecular weight is 285 g/mol. The van der Waals surface area contributed by atoms with E-state index < -0.39 is 0 Å². The highest BCUT2D eigenvalue weighted by Gasteiger charge is 2.07. The van der Waals surface area contributed by atoms with Crippen LogP contribution in [0.5, 0.6) is 0 Å². The third kappa shape index (κ3) is 4.40. The molecule has 0 atom stereocenters. The number of benzene rings is 2. The fraction of sp³-hybridized carbons (Fsp3) is 0.368. The first-order valence-electron chi connectivity index (χ1n) is 7.68. The maximum absolute atomic E-state index is 13.5. The van der Waals surface area contributed by atoms with Gasteiger partial charge >= 0.3 is 0 Å². The van der Waals surface area contributed by atoms with E-state index in [1.165, 1.54) is 11.6 Å². The lowest BCUT2D eigenvalue weighted by molar-refractivity contribution is 0.622. The molecule has 0 fully saturated rings. The van der Waals surface area contributed by atoms with Gasteiger partial charge in [-0.15, -0.1) is 0 Å². The zero-order valence-corrected chi connectivity index (χ0v) is 13.1. The summed E-state index contributed by atoms with van der Waals surface area (Å²) in [5, 5.41) is 3.27. The van der Waals surface area contributed by atoms with Gasteiger partial charge < -0.3 is 5.32 Å². The third-order valence-electron chi connectivity index (χ3n) is 3.54. The molecule has 1 nitrogen and oxygen atoms in total. The van der Waals surface area contributed by atoms with Crippen LogP contribution in [-0.4, -0.2) is 6.54 Å². The summed E-state index contributed by atoms with van der Waals surface area (Å²) in [5.41, 5.74) is 4.61. The summed E-state index contributed by atoms with van der Waals surface area (Å²) in [6.07, 6.45) is 1.09. The van der Waals surface area contributed by atoms with Gasteiger partial charge in [-0.3, -0.25) is 0 Å². The van der Waals surface area contributed by atoms with Gasteiger partial charge in [-0.1, -0.05) is 51.1 Å². The molecule has 2 aromatic rings. The van der Waals surface area contributed by atoms with Gasteiger partial charge in [-0.2, -0.15) is 0 Å². The Labute approximate surface area is 127 Å². The second kappa shape index (κ2) is 7.37. The van der Waals surface area contributed by atoms with Crippen molar-refractivity contribution in [3.63, 3.8) is 0 Å². The first-order valence-corrected chi connectivity index (χ1v) is 7.68. The maximum Gasteiger partial charge on any atom is 0.123 e. The zero-order valence-electron chi connectivity index (χ0n) is 13.1. The SMILES string of the molecule is CCNCc1cc(F)ccc1-c1ccc(CC(C)C)cc1. The predicted octanol–water partition coefficient (Wildman–Crippen LogP) is 4.80. The van der Waals surface area contributed by atoms with E-state index in [-0.39, 0.29) is 5.82 Å². The fourth-order valence-electron chi connectivity index (χ4n) is 2.54. The van der Waals surface area contributed by atoms with Crippen molar-refractivity contribution in [1.82, 2.24) is 5.32 Å². The lowest BCUT2D eigenvalue weighted by Gasteiger charge is -2.12. The monoisotopic (exact) mass is 285 g/mol. The lowest BCUT2D eigenvalue weighted by atomic mass is 9.96. The number of nitrogens with one attached hydrogen (secondary N) is 1. The molecular formula is C19H24FN. The summed E-state index contributed by atoms with van der Waals surface area (Å²) >= 11 is 0. The van der Waals surface area contributed by atoms with E-state index >= 15 is 0 Å². The van der Waals surface area contributed by atoms with Crippen molar-refractivity contribution in [2.45, 2.75) is 33.7 Å². The second-order valence-electron chi connectivity index (χ2n) is 5.88. The van der Waals surface area contributed by atoms with Crippen LogP contribution in [0.3, 0.4) is 0 Å². The van der Waals surface area contributed by atoms with E-state index in [0.717, 1.165) is 29.7 Å². The van der Waals surface area contributed by atoms with Crippen molar-refractivity contribution in [2.24, 2.45) is 5.92 Å². The minimum Gasteiger partial charge on any atom is -0.313 e. The normalized spacial score (nSPS) is 11.1. The highest BCUT2D eigenvalue weighted by atomic mass is 19.1. The van der Waals surface area contributed by atoms with Crippen LogP contribution < -0.4 is 5.32 Å². The van der Waals surface area contributed by atoms with E-state index in [2.05, 4.69) is 50.4 Å². The van der Waals surface area contributed by atoms with Crippen LogP contribution in [0, 0.1) is 11.7 Å². The molecule has 0 amide bonds. The summed E-state index contributed by atoms with van der Waals surface area (Å²) in [5.74, 6) is 0.481. The summed E-state index contributed by atoms with van der Waals surface area (Å²) in [4.78, 5) is 0. The molecule has 112 valence electrons. The largest absolute Gasteiger partial charge is 0.313 e. The molecule has 0 bridgehead atoms. The smallest absolute Gasteiger partial charge is 0.123 e. The number of hydrogen-bond donors (Lipinski definition) is 1. The van der Waals surface area contributed by atoms with Crippen LogP contribution >= 0.6 is 0 Å². The molecule has 21 heavy (non-hydrogen) atoms. The van der Waals surface area contributed by atoms with Crippen LogP contribution in [0.2, 0.25) is 0 Å². The van der Waals surface area contributed by atoms with Gasteiger partial charge in [0.25, 0.3) is 0 Å². The third-order valence-corrected chi connectivity index (χ3v) is 3.54. The van der Waals surface area contributed by atoms with Gasteiger partial charge in [-0.05, 0) is 53.3 Å². The van der Waals surface area contributed by atoms with Gasteiger partial charge in [-0.25, -0.2) is 4.39 Å². The summed E-state index contributed by atoms with van der Waals surface area (Å²) in [7, 11) is 0. The molecule has 0 aliphatic heterocycles. The predicted molar refractivity (Wildman–Crippen MR) is 87.8 cm³/mol. The summed E-state index contributed by atoms with van der Waals surface area (Å²) < 4.78 is 13.5. The van der Waals surface area contributed by atoms with E-state index in [1.54, 1.807) is 6.07 Å². The molecule has 0 aliphatic rings. The first kappa shape index (κ1) is 15.7. The second-order valence-corrected chi connectivity index (χ2v) is 5.88. The maximum atomic E-state index is 13.5. The highest BCUT2D eigenvalue weighted by molar-refractivity contribution is 5.67. The van der Waals surface area contributed by atoms with Crippen molar-refractivity contribution >= 4 is 0 Å². The lowest BCUT2D eigenvalue weighted by Crippen LogP contribution is -2.12. The first-order chi connectivity index (χ1) is 10.1. The molecule has 0 spiro atoms. The van der Waals surface area contributed by atoms with Crippen molar-refractivity contribution in [3.8, 4) is 11.1 Å². The minimum atomic E-state index is -0.178. The van der Waals surface area contributed by atoms with Crippen LogP contribution in [0.1, 0.15) is 31.9 Å². The Morgan fingerprint density at radius 1 is 1.05 bits per heavy atom. The van der Waals surface area contributed by atoms with E-state index in [4.69, 9.17) is 0 Å². The Kier molecular flexibility index (Phi) is 5.51. The molecule has 0 saturated heterocycles. The van der Waals surface area contributed by atoms with Crippen LogP contribution in [0.15, 0.2) is 42.5 Å². The molecule has 0 aliphatic carbocycles. The van der Waals surface area contributed by atoms with E-state index in [9.17, 15) is 4.39 Å². The topological polar surface area (TPSA) is 12.0 Å². The Balaban J connectivity index is 2.28. The van der Waals surface area contributed by atoms with Crippen LogP contribution in [0.25, 0.3) is 11.1 Å². The van der Waals surface area contributed by atoms with E-state index in [1.807, 2.05) is 6.07 Å². The molecule has 0 saturated carbocycles. The van der Waals surface area contributed by atoms with Crippen molar-refractivity contribution < 1.29 is 4.39 Å². The Hall–Kier alpha value is -1.67. The number of rotatable bonds is 6. The van der Waals surface area contributed by atoms with Crippen molar-refractivity contribution in [3.05, 3.63) is 59.4 Å². The average Bonchev–Trinajstić information content (AvgIpc) is 2.46. The Morgan fingerprint density at radius 2 is 1.76 bits per heavy atom. The Bertz CT molecular complexity index is 573. The van der Waals surface area contributed by atoms with Gasteiger partial charge in [0.05, 0.1) is 0 Å². The van der Waals surface area contributed by atoms with Crippen LogP contribution in [0.4, 0.5) is 4.39 Å². The van der Waals surface area contributed by atoms with Crippen LogP contribution in [-0.2, 0) is 13.0 Å². The number of halogens is 1. The van der Waals surface area contributed by atoms with Crippen molar-refractivity contribution in [2.75, 3.05) is 6.54 Å². The molecule has 2 heteroatoms. The van der Waals surface area contributed by atoms with Gasteiger partial charge in [0.1, 0.15) is 5.82 Å². The summed E-state index contributed by atoms with van der Waals surface area (Å²) in [6.45, 7) is 8.07. The quantitative estimate of drug-likeness (QED) is 0.804. The van der Waals surface area contributed by atoms with Gasteiger partial charge in [0, 0.05) is 6.54 Å². The minimum absolute atomic E-state index is 0.178. The van der Waals surface area contributed by atoms with Gasteiger partial charge in [0.15, 0.2) is 0 Å². The molecular weight excluding hydrogens is 261 g/mol. The molecule has 2 aromatic carbocycles. The van der Waals surface area contributed by atoms with E-state index in [0.29, 0.717) is 12.5 Å². The molecule has 0 aromatic heterocycles. The molecule has 0 radical (unpaired) electrons. The number of hydrogen-bond acceptors (Lipinski definition) is 1. The van der Waals surface area contributed by atoms with Gasteiger partial charge in [0.2, 0.25) is 0 Å². The molecule has 2 rings (SSSR count). The highest BCUT2D eigenvalue weighted by Crippen LogP contribution is 2.25. The molecule has 1 N–H and O–H groups in total. The molecule has 0 unspecified atom stereocenters. The van der Waals surface area contributed by atoms with Crippen molar-refractivity contribution in [1.29, 1.82) is 0 Å². The zero-order chi connectivity index (χ0) is 15.2. The standard InChI is InChI=1S/C19H24FN/c1-4-21-13-17-12-18(20)9-10-19(17)16-7-5-15(6-8-16)11-14(2)3/h5-10,12,14,21H,4,11,13H2,1-3H3. The summed E-state index contributed by atoms with van der Waals surface area (Å²) in [6, 6.07) is 13.7.